The number of methoxy groups -OCH3 is 2. The number of hydrogen-bond acceptors (Lipinski definition) is 2. The molecule has 0 aliphatic carbocycles. The van der Waals surface area contributed by atoms with Gasteiger partial charge in [-0.25, -0.2) is 0 Å². The van der Waals surface area contributed by atoms with E-state index >= 15 is 0 Å². The van der Waals surface area contributed by atoms with Crippen molar-refractivity contribution in [2.45, 2.75) is 13.8 Å². The van der Waals surface area contributed by atoms with E-state index < -0.39 is 0 Å². The highest BCUT2D eigenvalue weighted by molar-refractivity contribution is 5.46. The van der Waals surface area contributed by atoms with E-state index in [0.29, 0.717) is 5.92 Å². The van der Waals surface area contributed by atoms with E-state index in [-0.39, 0.29) is 0 Å². The molecule has 0 unspecified atom stereocenters. The molecule has 1 aromatic rings. The van der Waals surface area contributed by atoms with Crippen LogP contribution in [0.3, 0.4) is 0 Å². The Bertz CT molecular complexity index is 361. The molecule has 0 spiro atoms. The molecular formula is C13H16O2. The minimum Gasteiger partial charge on any atom is -0.497 e. The summed E-state index contributed by atoms with van der Waals surface area (Å²) in [6, 6.07) is 5.64. The van der Waals surface area contributed by atoms with Crippen molar-refractivity contribution >= 4 is 0 Å². The Morgan fingerprint density at radius 3 is 1.93 bits per heavy atom. The van der Waals surface area contributed by atoms with Crippen LogP contribution in [-0.2, 0) is 0 Å². The van der Waals surface area contributed by atoms with Gasteiger partial charge >= 0.3 is 0 Å². The molecule has 0 aliphatic heterocycles. The highest BCUT2D eigenvalue weighted by atomic mass is 16.5. The van der Waals surface area contributed by atoms with Crippen molar-refractivity contribution in [3.63, 3.8) is 0 Å². The van der Waals surface area contributed by atoms with E-state index in [4.69, 9.17) is 9.47 Å². The SMILES string of the molecule is COc1cc(C#CC(C)C)cc(OC)c1. The molecule has 80 valence electrons. The second kappa shape index (κ2) is 5.31. The van der Waals surface area contributed by atoms with Crippen molar-refractivity contribution in [3.8, 4) is 23.3 Å². The zero-order valence-electron chi connectivity index (χ0n) is 9.63. The fraction of sp³-hybridized carbons (Fsp3) is 0.385. The highest BCUT2D eigenvalue weighted by Crippen LogP contribution is 2.21. The first kappa shape index (κ1) is 11.5. The molecule has 0 bridgehead atoms. The zero-order valence-corrected chi connectivity index (χ0v) is 9.63. The van der Waals surface area contributed by atoms with Gasteiger partial charge in [-0.2, -0.15) is 0 Å². The van der Waals surface area contributed by atoms with E-state index in [2.05, 4.69) is 25.7 Å². The normalized spacial score (nSPS) is 9.40. The van der Waals surface area contributed by atoms with Gasteiger partial charge in [0, 0.05) is 17.5 Å². The topological polar surface area (TPSA) is 18.5 Å². The first-order chi connectivity index (χ1) is 7.15. The van der Waals surface area contributed by atoms with Gasteiger partial charge in [-0.1, -0.05) is 25.7 Å². The fourth-order valence-corrected chi connectivity index (χ4v) is 1.11. The van der Waals surface area contributed by atoms with Crippen LogP contribution < -0.4 is 9.47 Å². The first-order valence-electron chi connectivity index (χ1n) is 4.90. The molecule has 0 aromatic heterocycles. The van der Waals surface area contributed by atoms with Crippen LogP contribution in [0.5, 0.6) is 11.5 Å². The predicted molar refractivity (Wildman–Crippen MR) is 61.3 cm³/mol. The third-order valence-corrected chi connectivity index (χ3v) is 1.86. The smallest absolute Gasteiger partial charge is 0.123 e. The van der Waals surface area contributed by atoms with Crippen LogP contribution >= 0.6 is 0 Å². The summed E-state index contributed by atoms with van der Waals surface area (Å²) in [4.78, 5) is 0. The van der Waals surface area contributed by atoms with Crippen molar-refractivity contribution in [1.82, 2.24) is 0 Å². The molecule has 1 rings (SSSR count). The van der Waals surface area contributed by atoms with E-state index in [0.717, 1.165) is 17.1 Å². The molecule has 15 heavy (non-hydrogen) atoms. The van der Waals surface area contributed by atoms with Crippen LogP contribution in [-0.4, -0.2) is 14.2 Å². The van der Waals surface area contributed by atoms with Gasteiger partial charge in [-0.15, -0.1) is 0 Å². The summed E-state index contributed by atoms with van der Waals surface area (Å²) in [5.41, 5.74) is 0.917. The average molecular weight is 204 g/mol. The van der Waals surface area contributed by atoms with Crippen LogP contribution in [0.4, 0.5) is 0 Å². The number of hydrogen-bond donors (Lipinski definition) is 0. The number of ether oxygens (including phenoxy) is 2. The Labute approximate surface area is 91.2 Å². The minimum atomic E-state index is 0.363. The van der Waals surface area contributed by atoms with Crippen molar-refractivity contribution in [1.29, 1.82) is 0 Å². The van der Waals surface area contributed by atoms with Crippen molar-refractivity contribution in [2.24, 2.45) is 5.92 Å². The Kier molecular flexibility index (Phi) is 4.05. The molecule has 2 nitrogen and oxygen atoms in total. The summed E-state index contributed by atoms with van der Waals surface area (Å²) in [6.07, 6.45) is 0. The standard InChI is InChI=1S/C13H16O2/c1-10(2)5-6-11-7-12(14-3)9-13(8-11)15-4/h7-10H,1-4H3. The lowest BCUT2D eigenvalue weighted by atomic mass is 10.1. The number of rotatable bonds is 2. The molecule has 0 aliphatic rings. The maximum Gasteiger partial charge on any atom is 0.123 e. The molecule has 0 N–H and O–H groups in total. The molecule has 0 amide bonds. The summed E-state index contributed by atoms with van der Waals surface area (Å²) in [7, 11) is 3.27. The van der Waals surface area contributed by atoms with Crippen LogP contribution in [0, 0.1) is 17.8 Å². The van der Waals surface area contributed by atoms with Crippen LogP contribution in [0.15, 0.2) is 18.2 Å². The fourth-order valence-electron chi connectivity index (χ4n) is 1.11. The largest absolute Gasteiger partial charge is 0.497 e. The second-order valence-corrected chi connectivity index (χ2v) is 3.53. The Morgan fingerprint density at radius 2 is 1.53 bits per heavy atom. The van der Waals surface area contributed by atoms with Gasteiger partial charge in [0.15, 0.2) is 0 Å². The monoisotopic (exact) mass is 204 g/mol. The predicted octanol–water partition coefficient (Wildman–Crippen LogP) is 2.71. The summed E-state index contributed by atoms with van der Waals surface area (Å²) in [5.74, 6) is 8.08. The molecule has 0 saturated heterocycles. The molecule has 0 heterocycles. The third kappa shape index (κ3) is 3.55. The Morgan fingerprint density at radius 1 is 1.00 bits per heavy atom. The lowest BCUT2D eigenvalue weighted by Crippen LogP contribution is -1.89. The minimum absolute atomic E-state index is 0.363. The van der Waals surface area contributed by atoms with Gasteiger partial charge in [-0.05, 0) is 12.1 Å². The van der Waals surface area contributed by atoms with Crippen molar-refractivity contribution < 1.29 is 9.47 Å². The van der Waals surface area contributed by atoms with Crippen LogP contribution in [0.2, 0.25) is 0 Å². The van der Waals surface area contributed by atoms with Gasteiger partial charge in [0.1, 0.15) is 11.5 Å². The number of benzene rings is 1. The zero-order chi connectivity index (χ0) is 11.3. The van der Waals surface area contributed by atoms with Gasteiger partial charge in [0.05, 0.1) is 14.2 Å². The summed E-state index contributed by atoms with van der Waals surface area (Å²) in [6.45, 7) is 4.12. The van der Waals surface area contributed by atoms with Gasteiger partial charge < -0.3 is 9.47 Å². The molecule has 1 aromatic carbocycles. The van der Waals surface area contributed by atoms with E-state index in [1.54, 1.807) is 14.2 Å². The van der Waals surface area contributed by atoms with Crippen LogP contribution in [0.25, 0.3) is 0 Å². The maximum atomic E-state index is 5.16. The lowest BCUT2D eigenvalue weighted by molar-refractivity contribution is 0.394. The third-order valence-electron chi connectivity index (χ3n) is 1.86. The van der Waals surface area contributed by atoms with Gasteiger partial charge in [0.2, 0.25) is 0 Å². The average Bonchev–Trinajstić information content (AvgIpc) is 2.25. The van der Waals surface area contributed by atoms with Gasteiger partial charge in [0.25, 0.3) is 0 Å². The second-order valence-electron chi connectivity index (χ2n) is 3.53. The Hall–Kier alpha value is -1.62. The van der Waals surface area contributed by atoms with E-state index in [9.17, 15) is 0 Å². The van der Waals surface area contributed by atoms with E-state index in [1.807, 2.05) is 18.2 Å². The summed E-state index contributed by atoms with van der Waals surface area (Å²) >= 11 is 0. The first-order valence-corrected chi connectivity index (χ1v) is 4.90. The maximum absolute atomic E-state index is 5.16. The lowest BCUT2D eigenvalue weighted by Gasteiger charge is -2.04. The molecule has 0 saturated carbocycles. The van der Waals surface area contributed by atoms with Crippen molar-refractivity contribution in [2.75, 3.05) is 14.2 Å². The Balaban J connectivity index is 3.03. The van der Waals surface area contributed by atoms with E-state index in [1.165, 1.54) is 0 Å². The van der Waals surface area contributed by atoms with Crippen molar-refractivity contribution in [3.05, 3.63) is 23.8 Å². The quantitative estimate of drug-likeness (QED) is 0.689. The molecule has 2 heteroatoms. The van der Waals surface area contributed by atoms with Gasteiger partial charge in [-0.3, -0.25) is 0 Å². The summed E-state index contributed by atoms with van der Waals surface area (Å²) in [5, 5.41) is 0. The highest BCUT2D eigenvalue weighted by Gasteiger charge is 1.99. The molecule has 0 radical (unpaired) electrons. The summed E-state index contributed by atoms with van der Waals surface area (Å²) < 4.78 is 10.3. The molecule has 0 atom stereocenters. The van der Waals surface area contributed by atoms with Crippen LogP contribution in [0.1, 0.15) is 19.4 Å². The molecular weight excluding hydrogens is 188 g/mol. The molecule has 0 fully saturated rings.